The summed E-state index contributed by atoms with van der Waals surface area (Å²) in [4.78, 5) is 27.1. The molecule has 2 aromatic carbocycles. The van der Waals surface area contributed by atoms with E-state index in [2.05, 4.69) is 44.0 Å². The van der Waals surface area contributed by atoms with E-state index in [1.807, 2.05) is 24.4 Å². The maximum Gasteiger partial charge on any atom is 0.255 e. The fraction of sp³-hybridized carbons (Fsp3) is 0.222. The highest BCUT2D eigenvalue weighted by Crippen LogP contribution is 2.31. The fourth-order valence-corrected chi connectivity index (χ4v) is 4.55. The summed E-state index contributed by atoms with van der Waals surface area (Å²) < 4.78 is 0. The van der Waals surface area contributed by atoms with Gasteiger partial charge in [0.1, 0.15) is 23.5 Å². The highest BCUT2D eigenvalue weighted by molar-refractivity contribution is 6.04. The van der Waals surface area contributed by atoms with E-state index >= 15 is 0 Å². The molecule has 35 heavy (non-hydrogen) atoms. The van der Waals surface area contributed by atoms with Crippen LogP contribution in [0.15, 0.2) is 73.3 Å². The lowest BCUT2D eigenvalue weighted by molar-refractivity contribution is 0.102. The van der Waals surface area contributed by atoms with E-state index in [1.165, 1.54) is 12.1 Å². The number of allylic oxidation sites excluding steroid dienone is 1. The highest BCUT2D eigenvalue weighted by atomic mass is 16.3. The van der Waals surface area contributed by atoms with Gasteiger partial charge in [0.15, 0.2) is 0 Å². The van der Waals surface area contributed by atoms with Gasteiger partial charge in [0.05, 0.1) is 5.39 Å². The molecule has 1 aliphatic rings. The normalized spacial score (nSPS) is 14.1. The number of carbonyl (C=O) groups excluding carboxylic acids is 1. The predicted octanol–water partition coefficient (Wildman–Crippen LogP) is 5.07. The van der Waals surface area contributed by atoms with E-state index in [0.717, 1.165) is 59.7 Å². The summed E-state index contributed by atoms with van der Waals surface area (Å²) in [5, 5.41) is 16.8. The lowest BCUT2D eigenvalue weighted by Crippen LogP contribution is -2.35. The minimum absolute atomic E-state index is 0.156. The first-order valence-electron chi connectivity index (χ1n) is 11.7. The van der Waals surface area contributed by atoms with Crippen LogP contribution in [0.2, 0.25) is 0 Å². The molecule has 0 aliphatic carbocycles. The minimum atomic E-state index is -0.213. The lowest BCUT2D eigenvalue weighted by Gasteiger charge is -2.34. The Kier molecular flexibility index (Phi) is 6.10. The zero-order valence-corrected chi connectivity index (χ0v) is 19.6. The van der Waals surface area contributed by atoms with Gasteiger partial charge in [-0.2, -0.15) is 0 Å². The second-order valence-corrected chi connectivity index (χ2v) is 8.89. The van der Waals surface area contributed by atoms with Crippen molar-refractivity contribution in [2.75, 3.05) is 28.6 Å². The molecule has 5 rings (SSSR count). The summed E-state index contributed by atoms with van der Waals surface area (Å²) in [7, 11) is 0. The van der Waals surface area contributed by atoms with Crippen molar-refractivity contribution < 1.29 is 9.90 Å². The summed E-state index contributed by atoms with van der Waals surface area (Å²) >= 11 is 0. The number of hydrogen-bond donors (Lipinski definition) is 4. The molecule has 1 saturated heterocycles. The SMILES string of the molecule is C=C(Nc1cccc(C(=O)Nc2ccc(O)cc2)c1)C1CCN(c2ncnc3[nH]cc(C)c23)CC1. The van der Waals surface area contributed by atoms with Crippen molar-refractivity contribution in [2.24, 2.45) is 5.92 Å². The lowest BCUT2D eigenvalue weighted by atomic mass is 9.93. The van der Waals surface area contributed by atoms with Crippen molar-refractivity contribution in [1.82, 2.24) is 15.0 Å². The highest BCUT2D eigenvalue weighted by Gasteiger charge is 2.24. The van der Waals surface area contributed by atoms with Crippen LogP contribution < -0.4 is 15.5 Å². The molecule has 0 unspecified atom stereocenters. The molecule has 8 heteroatoms. The first-order valence-corrected chi connectivity index (χ1v) is 11.7. The molecule has 0 spiro atoms. The van der Waals surface area contributed by atoms with E-state index in [1.54, 1.807) is 24.5 Å². The number of piperidine rings is 1. The standard InChI is InChI=1S/C27H28N6O2/c1-17-15-28-25-24(17)26(30-16-29-25)33-12-10-19(11-13-33)18(2)31-22-5-3-4-20(14-22)27(35)32-21-6-8-23(34)9-7-21/h3-9,14-16,19,31,34H,2,10-13H2,1H3,(H,32,35)(H,28,29,30). The zero-order chi connectivity index (χ0) is 24.4. The Morgan fingerprint density at radius 1 is 1.09 bits per heavy atom. The average Bonchev–Trinajstić information content (AvgIpc) is 3.26. The number of rotatable bonds is 6. The molecule has 0 bridgehead atoms. The number of anilines is 3. The van der Waals surface area contributed by atoms with Crippen LogP contribution in [-0.4, -0.2) is 39.1 Å². The predicted molar refractivity (Wildman–Crippen MR) is 139 cm³/mol. The first kappa shape index (κ1) is 22.5. The fourth-order valence-electron chi connectivity index (χ4n) is 4.55. The number of nitrogens with one attached hydrogen (secondary N) is 3. The molecule has 178 valence electrons. The molecule has 1 fully saturated rings. The molecule has 4 N–H and O–H groups in total. The number of H-pyrrole nitrogens is 1. The van der Waals surface area contributed by atoms with Gasteiger partial charge in [-0.15, -0.1) is 0 Å². The van der Waals surface area contributed by atoms with Crippen molar-refractivity contribution in [3.8, 4) is 5.75 Å². The van der Waals surface area contributed by atoms with Gasteiger partial charge in [0.25, 0.3) is 5.91 Å². The molecule has 1 amide bonds. The van der Waals surface area contributed by atoms with Crippen LogP contribution in [0, 0.1) is 12.8 Å². The minimum Gasteiger partial charge on any atom is -0.508 e. The average molecular weight is 469 g/mol. The van der Waals surface area contributed by atoms with Crippen LogP contribution >= 0.6 is 0 Å². The van der Waals surface area contributed by atoms with E-state index in [-0.39, 0.29) is 11.7 Å². The van der Waals surface area contributed by atoms with E-state index in [4.69, 9.17) is 0 Å². The van der Waals surface area contributed by atoms with Crippen LogP contribution in [0.25, 0.3) is 11.0 Å². The Morgan fingerprint density at radius 2 is 1.86 bits per heavy atom. The number of phenolic OH excluding ortho intramolecular Hbond substituents is 1. The Bertz CT molecular complexity index is 1370. The number of phenols is 1. The van der Waals surface area contributed by atoms with Crippen molar-refractivity contribution in [1.29, 1.82) is 0 Å². The van der Waals surface area contributed by atoms with Gasteiger partial charge < -0.3 is 25.6 Å². The number of aromatic hydroxyl groups is 1. The number of carbonyl (C=O) groups is 1. The molecule has 8 nitrogen and oxygen atoms in total. The Hall–Kier alpha value is -4.33. The molecular formula is C27H28N6O2. The summed E-state index contributed by atoms with van der Waals surface area (Å²) in [6.45, 7) is 8.14. The van der Waals surface area contributed by atoms with Crippen LogP contribution in [-0.2, 0) is 0 Å². The number of fused-ring (bicyclic) bond motifs is 1. The van der Waals surface area contributed by atoms with Crippen molar-refractivity contribution in [3.05, 3.63) is 84.5 Å². The molecule has 0 radical (unpaired) electrons. The van der Waals surface area contributed by atoms with Crippen LogP contribution in [0.5, 0.6) is 5.75 Å². The number of aromatic nitrogens is 3. The van der Waals surface area contributed by atoms with Gasteiger partial charge in [-0.1, -0.05) is 12.6 Å². The molecular weight excluding hydrogens is 440 g/mol. The Balaban J connectivity index is 1.20. The topological polar surface area (TPSA) is 106 Å². The summed E-state index contributed by atoms with van der Waals surface area (Å²) in [5.74, 6) is 1.25. The number of hydrogen-bond acceptors (Lipinski definition) is 6. The number of aromatic amines is 1. The second-order valence-electron chi connectivity index (χ2n) is 8.89. The maximum atomic E-state index is 12.7. The second kappa shape index (κ2) is 9.50. The van der Waals surface area contributed by atoms with Crippen molar-refractivity contribution in [2.45, 2.75) is 19.8 Å². The quantitative estimate of drug-likeness (QED) is 0.295. The zero-order valence-electron chi connectivity index (χ0n) is 19.6. The number of benzene rings is 2. The molecule has 4 aromatic rings. The largest absolute Gasteiger partial charge is 0.508 e. The van der Waals surface area contributed by atoms with Gasteiger partial charge in [0, 0.05) is 47.8 Å². The van der Waals surface area contributed by atoms with Gasteiger partial charge >= 0.3 is 0 Å². The summed E-state index contributed by atoms with van der Waals surface area (Å²) in [6, 6.07) is 13.8. The summed E-state index contributed by atoms with van der Waals surface area (Å²) in [5.41, 5.74) is 4.97. The van der Waals surface area contributed by atoms with E-state index < -0.39 is 0 Å². The first-order chi connectivity index (χ1) is 17.0. The monoisotopic (exact) mass is 468 g/mol. The van der Waals surface area contributed by atoms with E-state index in [9.17, 15) is 9.90 Å². The van der Waals surface area contributed by atoms with Crippen LogP contribution in [0.4, 0.5) is 17.2 Å². The van der Waals surface area contributed by atoms with Gasteiger partial charge in [-0.3, -0.25) is 4.79 Å². The van der Waals surface area contributed by atoms with Gasteiger partial charge in [-0.25, -0.2) is 9.97 Å². The van der Waals surface area contributed by atoms with Crippen LogP contribution in [0.1, 0.15) is 28.8 Å². The third-order valence-corrected chi connectivity index (χ3v) is 6.49. The maximum absolute atomic E-state index is 12.7. The molecule has 2 aromatic heterocycles. The molecule has 3 heterocycles. The third kappa shape index (κ3) is 4.82. The van der Waals surface area contributed by atoms with Crippen molar-refractivity contribution in [3.63, 3.8) is 0 Å². The molecule has 1 aliphatic heterocycles. The number of nitrogens with zero attached hydrogens (tertiary/aromatic N) is 3. The Morgan fingerprint density at radius 3 is 2.63 bits per heavy atom. The van der Waals surface area contributed by atoms with E-state index in [0.29, 0.717) is 17.2 Å². The van der Waals surface area contributed by atoms with Gasteiger partial charge in [0.2, 0.25) is 0 Å². The Labute approximate surface area is 203 Å². The van der Waals surface area contributed by atoms with Gasteiger partial charge in [-0.05, 0) is 67.8 Å². The summed E-state index contributed by atoms with van der Waals surface area (Å²) in [6.07, 6.45) is 5.51. The van der Waals surface area contributed by atoms with Crippen LogP contribution in [0.3, 0.4) is 0 Å². The third-order valence-electron chi connectivity index (χ3n) is 6.49. The molecule has 0 atom stereocenters. The molecule has 0 saturated carbocycles. The van der Waals surface area contributed by atoms with Crippen molar-refractivity contribution >= 4 is 34.1 Å². The smallest absolute Gasteiger partial charge is 0.255 e. The number of amides is 1. The number of aryl methyl sites for hydroxylation is 1.